The van der Waals surface area contributed by atoms with E-state index in [4.69, 9.17) is 14.5 Å². The number of methoxy groups -OCH3 is 1. The van der Waals surface area contributed by atoms with Gasteiger partial charge < -0.3 is 34.6 Å². The van der Waals surface area contributed by atoms with E-state index in [0.717, 1.165) is 22.1 Å². The molecule has 3 aromatic rings. The van der Waals surface area contributed by atoms with Gasteiger partial charge in [0.1, 0.15) is 18.7 Å². The molecule has 1 aliphatic heterocycles. The number of aromatic nitrogens is 2. The third-order valence-corrected chi connectivity index (χ3v) is 7.34. The van der Waals surface area contributed by atoms with Crippen LogP contribution in [0.3, 0.4) is 0 Å². The normalized spacial score (nSPS) is 15.0. The number of pyridine rings is 2. The molecule has 1 aromatic carbocycles. The molecule has 0 fully saturated rings. The van der Waals surface area contributed by atoms with Crippen LogP contribution < -0.4 is 16.2 Å². The van der Waals surface area contributed by atoms with Crippen LogP contribution in [0.2, 0.25) is 0 Å². The number of carbonyl (C=O) groups is 2. The van der Waals surface area contributed by atoms with Crippen molar-refractivity contribution in [1.29, 1.82) is 0 Å². The van der Waals surface area contributed by atoms with Crippen molar-refractivity contribution < 1.29 is 32.4 Å². The highest BCUT2D eigenvalue weighted by Crippen LogP contribution is 2.46. The molecule has 2 unspecified atom stereocenters. The van der Waals surface area contributed by atoms with Crippen LogP contribution in [-0.2, 0) is 38.6 Å². The summed E-state index contributed by atoms with van der Waals surface area (Å²) in [6.45, 7) is 5.99. The molecule has 0 bridgehead atoms. The summed E-state index contributed by atoms with van der Waals surface area (Å²) in [7, 11) is 3.10. The average Bonchev–Trinajstić information content (AvgIpc) is 3.37. The van der Waals surface area contributed by atoms with E-state index in [9.17, 15) is 27.8 Å². The first-order chi connectivity index (χ1) is 20.3. The Labute approximate surface area is 248 Å². The molecule has 1 aliphatic carbocycles. The summed E-state index contributed by atoms with van der Waals surface area (Å²) in [5.74, 6) is -0.579. The number of nitrogens with one attached hydrogen (secondary N) is 2. The number of aldehydes is 1. The standard InChI is InChI=1S/C27H29FN4O6.C2H6.FHS/c1-13-14-4-5-22(38-12-30-23(35)8-29-2)25-16-9-32-20(26(16)31-19(24(14)25)7-18(13)28)6-15(21(34)10-33)17(11-37-3)27(32)36;2*1-2/h6-7,10,21-22,29,34H,4-5,8-9,11-12H2,1-3H3,(H,30,35);1-2H3;2H. The van der Waals surface area contributed by atoms with Crippen molar-refractivity contribution in [3.63, 3.8) is 0 Å². The van der Waals surface area contributed by atoms with Crippen LogP contribution in [0.15, 0.2) is 16.9 Å². The fourth-order valence-electron chi connectivity index (χ4n) is 5.56. The highest BCUT2D eigenvalue weighted by molar-refractivity contribution is 7.74. The maximum absolute atomic E-state index is 14.9. The van der Waals surface area contributed by atoms with Crippen LogP contribution in [-0.4, -0.2) is 54.3 Å². The van der Waals surface area contributed by atoms with Crippen LogP contribution in [0.4, 0.5) is 8.28 Å². The molecule has 10 nitrogen and oxygen atoms in total. The molecule has 3 heterocycles. The number of aliphatic hydroxyl groups excluding tert-OH is 1. The number of aryl methyl sites for hydroxylation is 1. The molecule has 2 aliphatic rings. The summed E-state index contributed by atoms with van der Waals surface area (Å²) in [5.41, 5.74) is 4.23. The number of thiol groups is 1. The Morgan fingerprint density at radius 3 is 2.67 bits per heavy atom. The minimum Gasteiger partial charge on any atom is -0.381 e. The van der Waals surface area contributed by atoms with E-state index in [0.29, 0.717) is 41.6 Å². The quantitative estimate of drug-likeness (QED) is 0.130. The molecule has 5 rings (SSSR count). The lowest BCUT2D eigenvalue weighted by Crippen LogP contribution is -2.34. The first-order valence-corrected chi connectivity index (χ1v) is 13.9. The Morgan fingerprint density at radius 2 is 2.02 bits per heavy atom. The van der Waals surface area contributed by atoms with Gasteiger partial charge in [-0.2, -0.15) is 3.89 Å². The Morgan fingerprint density at radius 1 is 1.31 bits per heavy atom. The van der Waals surface area contributed by atoms with Crippen molar-refractivity contribution in [2.24, 2.45) is 0 Å². The SMILES string of the molecule is CC.CNCC(=O)NCOC1CCc2c(C)c(F)cc3nc4c(c1c23)Cn1c-4cc(C(O)C=O)c(COC)c1=O.FS. The summed E-state index contributed by atoms with van der Waals surface area (Å²) >= 11 is 2.03. The predicted molar refractivity (Wildman–Crippen MR) is 157 cm³/mol. The Hall–Kier alpha value is -3.23. The van der Waals surface area contributed by atoms with E-state index in [2.05, 4.69) is 10.6 Å². The minimum absolute atomic E-state index is 0.0140. The second-order valence-corrected chi connectivity index (χ2v) is 9.55. The number of ether oxygens (including phenoxy) is 2. The van der Waals surface area contributed by atoms with Crippen molar-refractivity contribution in [3.05, 3.63) is 61.7 Å². The van der Waals surface area contributed by atoms with Gasteiger partial charge in [0, 0.05) is 48.3 Å². The van der Waals surface area contributed by atoms with Crippen LogP contribution in [0.1, 0.15) is 65.9 Å². The molecule has 42 heavy (non-hydrogen) atoms. The number of likely N-dealkylation sites (N-methyl/N-ethyl adjacent to an activating group) is 1. The van der Waals surface area contributed by atoms with E-state index in [1.165, 1.54) is 17.7 Å². The van der Waals surface area contributed by atoms with E-state index in [-0.39, 0.29) is 49.3 Å². The van der Waals surface area contributed by atoms with Gasteiger partial charge >= 0.3 is 0 Å². The molecule has 13 heteroatoms. The minimum atomic E-state index is -1.51. The maximum atomic E-state index is 14.9. The predicted octanol–water partition coefficient (Wildman–Crippen LogP) is 3.38. The molecule has 2 aromatic heterocycles. The average molecular weight is 607 g/mol. The van der Waals surface area contributed by atoms with Crippen molar-refractivity contribution in [1.82, 2.24) is 20.2 Å². The highest BCUT2D eigenvalue weighted by atomic mass is 32.1. The maximum Gasteiger partial charge on any atom is 0.257 e. The summed E-state index contributed by atoms with van der Waals surface area (Å²) in [4.78, 5) is 41.7. The van der Waals surface area contributed by atoms with Gasteiger partial charge in [-0.1, -0.05) is 13.8 Å². The first kappa shape index (κ1) is 33.3. The number of aliphatic hydroxyl groups is 1. The van der Waals surface area contributed by atoms with Gasteiger partial charge in [0.2, 0.25) is 5.91 Å². The van der Waals surface area contributed by atoms with E-state index in [1.807, 2.05) is 26.9 Å². The van der Waals surface area contributed by atoms with E-state index >= 15 is 0 Å². The molecular formula is C29H36F2N4O6S. The van der Waals surface area contributed by atoms with Crippen LogP contribution in [0.25, 0.3) is 22.3 Å². The van der Waals surface area contributed by atoms with Crippen molar-refractivity contribution in [2.75, 3.05) is 27.4 Å². The zero-order valence-corrected chi connectivity index (χ0v) is 25.1. The Bertz CT molecular complexity index is 1530. The van der Waals surface area contributed by atoms with Gasteiger partial charge in [-0.05, 0) is 49.6 Å². The van der Waals surface area contributed by atoms with Gasteiger partial charge in [0.25, 0.3) is 5.56 Å². The molecule has 0 saturated heterocycles. The Balaban J connectivity index is 0.00000116. The zero-order chi connectivity index (χ0) is 31.1. The lowest BCUT2D eigenvalue weighted by atomic mass is 9.83. The molecule has 0 saturated carbocycles. The van der Waals surface area contributed by atoms with Crippen LogP contribution in [0, 0.1) is 12.7 Å². The van der Waals surface area contributed by atoms with Gasteiger partial charge in [0.15, 0.2) is 6.29 Å². The summed E-state index contributed by atoms with van der Waals surface area (Å²) in [5, 5.41) is 16.6. The van der Waals surface area contributed by atoms with Crippen molar-refractivity contribution >= 4 is 36.1 Å². The third-order valence-electron chi connectivity index (χ3n) is 7.34. The monoisotopic (exact) mass is 606 g/mol. The molecule has 2 atom stereocenters. The first-order valence-electron chi connectivity index (χ1n) is 13.5. The number of carbonyl (C=O) groups excluding carboxylic acids is 2. The summed E-state index contributed by atoms with van der Waals surface area (Å²) in [6.07, 6.45) is -0.450. The lowest BCUT2D eigenvalue weighted by molar-refractivity contribution is -0.122. The van der Waals surface area contributed by atoms with Crippen LogP contribution >= 0.6 is 13.0 Å². The second-order valence-electron chi connectivity index (χ2n) is 9.55. The number of hydrogen-bond donors (Lipinski definition) is 4. The fraction of sp³-hybridized carbons (Fsp3) is 0.448. The highest BCUT2D eigenvalue weighted by Gasteiger charge is 2.35. The van der Waals surface area contributed by atoms with Gasteiger partial charge in [0.05, 0.1) is 42.7 Å². The molecule has 1 amide bonds. The lowest BCUT2D eigenvalue weighted by Gasteiger charge is -2.29. The van der Waals surface area contributed by atoms with Gasteiger partial charge in [-0.25, -0.2) is 9.37 Å². The number of rotatable bonds is 9. The summed E-state index contributed by atoms with van der Waals surface area (Å²) < 4.78 is 37.0. The summed E-state index contributed by atoms with van der Waals surface area (Å²) in [6, 6.07) is 2.96. The number of halogens is 2. The molecule has 228 valence electrons. The van der Waals surface area contributed by atoms with Crippen molar-refractivity contribution in [3.8, 4) is 11.4 Å². The van der Waals surface area contributed by atoms with E-state index < -0.39 is 17.8 Å². The zero-order valence-electron chi connectivity index (χ0n) is 24.2. The van der Waals surface area contributed by atoms with E-state index in [1.54, 1.807) is 20.0 Å². The number of benzene rings is 1. The van der Waals surface area contributed by atoms with Gasteiger partial charge in [-0.3, -0.25) is 9.59 Å². The fourth-order valence-corrected chi connectivity index (χ4v) is 5.56. The Kier molecular flexibility index (Phi) is 11.7. The second kappa shape index (κ2) is 14.8. The van der Waals surface area contributed by atoms with Crippen LogP contribution in [0.5, 0.6) is 0 Å². The molecule has 0 spiro atoms. The molecular weight excluding hydrogens is 570 g/mol. The molecule has 0 radical (unpaired) electrons. The number of amides is 1. The van der Waals surface area contributed by atoms with Gasteiger partial charge in [-0.15, -0.1) is 0 Å². The smallest absolute Gasteiger partial charge is 0.257 e. The third kappa shape index (κ3) is 6.11. The number of nitrogens with zero attached hydrogens (tertiary/aromatic N) is 2. The number of hydrogen-bond acceptors (Lipinski definition) is 9. The largest absolute Gasteiger partial charge is 0.381 e. The van der Waals surface area contributed by atoms with Crippen molar-refractivity contribution in [2.45, 2.75) is 59.0 Å². The molecule has 3 N–H and O–H groups in total. The topological polar surface area (TPSA) is 132 Å². The number of fused-ring (bicyclic) bond motifs is 4.